The molecule has 4 heterocycles. The lowest BCUT2D eigenvalue weighted by atomic mass is 10.00. The number of H-pyrrole nitrogens is 1. The van der Waals surface area contributed by atoms with E-state index < -0.39 is 23.0 Å². The van der Waals surface area contributed by atoms with E-state index in [1.165, 1.54) is 18.5 Å². The van der Waals surface area contributed by atoms with Gasteiger partial charge in [-0.2, -0.15) is 9.97 Å². The number of hydrogen-bond donors (Lipinski definition) is 3. The van der Waals surface area contributed by atoms with Crippen LogP contribution in [0.25, 0.3) is 27.8 Å². The number of aromatic nitrogens is 5. The number of pyridine rings is 2. The first kappa shape index (κ1) is 22.8. The highest BCUT2D eigenvalue weighted by molar-refractivity contribution is 5.83. The summed E-state index contributed by atoms with van der Waals surface area (Å²) in [5, 5.41) is 3.06. The van der Waals surface area contributed by atoms with Crippen LogP contribution in [-0.2, 0) is 6.54 Å². The molecule has 0 unspecified atom stereocenters. The monoisotopic (exact) mass is 467 g/mol. The first-order valence-corrected chi connectivity index (χ1v) is 10.4. The predicted octanol–water partition coefficient (Wildman–Crippen LogP) is 4.27. The molecule has 5 aromatic rings. The molecule has 0 spiro atoms. The van der Waals surface area contributed by atoms with Gasteiger partial charge >= 0.3 is 0 Å². The molecule has 0 aliphatic carbocycles. The second-order valence-electron chi connectivity index (χ2n) is 7.04. The van der Waals surface area contributed by atoms with Crippen molar-refractivity contribution in [2.75, 3.05) is 11.1 Å². The van der Waals surface area contributed by atoms with E-state index in [9.17, 15) is 18.0 Å². The number of anilines is 2. The highest BCUT2D eigenvalue weighted by Gasteiger charge is 2.17. The topological polar surface area (TPSA) is 114 Å². The van der Waals surface area contributed by atoms with E-state index in [-0.39, 0.29) is 23.6 Å². The molecule has 174 valence electrons. The van der Waals surface area contributed by atoms with Crippen molar-refractivity contribution in [2.24, 2.45) is 0 Å². The molecule has 0 saturated heterocycles. The maximum Gasteiger partial charge on any atom is 0.263 e. The number of nitrogens with zero attached hydrogens (tertiary/aromatic N) is 4. The Morgan fingerprint density at radius 3 is 2.50 bits per heavy atom. The zero-order chi connectivity index (χ0) is 24.4. The van der Waals surface area contributed by atoms with Gasteiger partial charge in [-0.3, -0.25) is 9.20 Å². The lowest BCUT2D eigenvalue weighted by Gasteiger charge is -2.14. The van der Waals surface area contributed by atoms with E-state index in [1.807, 2.05) is 13.8 Å². The number of imidazole rings is 1. The molecular weight excluding hydrogens is 447 g/mol. The maximum absolute atomic E-state index is 13.9. The van der Waals surface area contributed by atoms with Gasteiger partial charge in [0.2, 0.25) is 5.95 Å². The number of fused-ring (bicyclic) bond motifs is 2. The summed E-state index contributed by atoms with van der Waals surface area (Å²) in [5.74, 6) is -1.98. The molecule has 0 aliphatic heterocycles. The molecule has 0 saturated carbocycles. The van der Waals surface area contributed by atoms with E-state index in [0.717, 1.165) is 22.7 Å². The fraction of sp³-hybridized carbons (Fsp3) is 0.130. The standard InChI is InChI=1S/C21H14F3N7O.C2H6/c22-12-1-2-15-5-11(7-26-18-17-19(28-9-27-17)30-21(25)29-18)16(20(32)31(15)8-12)10-3-13(23)6-14(24)4-10;1-2/h1-6,8-9H,7H2,(H4,25,26,27,28,29,30);1-2H3. The van der Waals surface area contributed by atoms with E-state index in [2.05, 4.69) is 25.3 Å². The highest BCUT2D eigenvalue weighted by Crippen LogP contribution is 2.26. The van der Waals surface area contributed by atoms with Crippen LogP contribution in [0.5, 0.6) is 0 Å². The number of hydrogen-bond acceptors (Lipinski definition) is 6. The Morgan fingerprint density at radius 2 is 1.76 bits per heavy atom. The van der Waals surface area contributed by atoms with E-state index >= 15 is 0 Å². The minimum Gasteiger partial charge on any atom is -0.368 e. The summed E-state index contributed by atoms with van der Waals surface area (Å²) >= 11 is 0. The summed E-state index contributed by atoms with van der Waals surface area (Å²) < 4.78 is 42.7. The summed E-state index contributed by atoms with van der Waals surface area (Å²) in [6, 6.07) is 7.08. The number of nitrogens with two attached hydrogens (primary N) is 1. The fourth-order valence-corrected chi connectivity index (χ4v) is 3.59. The average Bonchev–Trinajstić information content (AvgIpc) is 3.27. The molecule has 4 N–H and O–H groups in total. The minimum atomic E-state index is -0.842. The molecule has 4 aromatic heterocycles. The molecular formula is C23H20F3N7O. The van der Waals surface area contributed by atoms with Crippen molar-refractivity contribution in [3.8, 4) is 11.1 Å². The van der Waals surface area contributed by atoms with Gasteiger partial charge in [-0.25, -0.2) is 18.2 Å². The molecule has 11 heteroatoms. The Balaban J connectivity index is 0.00000133. The Hall–Kier alpha value is -4.41. The van der Waals surface area contributed by atoms with Gasteiger partial charge in [0.15, 0.2) is 11.5 Å². The number of rotatable bonds is 4. The van der Waals surface area contributed by atoms with Crippen LogP contribution in [0.1, 0.15) is 19.4 Å². The second kappa shape index (κ2) is 9.22. The third kappa shape index (κ3) is 4.27. The molecule has 5 rings (SSSR count). The van der Waals surface area contributed by atoms with Crippen LogP contribution in [0.4, 0.5) is 24.9 Å². The molecule has 0 radical (unpaired) electrons. The van der Waals surface area contributed by atoms with Crippen LogP contribution >= 0.6 is 0 Å². The van der Waals surface area contributed by atoms with Crippen molar-refractivity contribution in [1.82, 2.24) is 24.3 Å². The number of nitrogens with one attached hydrogen (secondary N) is 2. The van der Waals surface area contributed by atoms with Gasteiger partial charge in [-0.15, -0.1) is 0 Å². The van der Waals surface area contributed by atoms with Crippen LogP contribution in [0, 0.1) is 17.5 Å². The molecule has 0 bridgehead atoms. The molecule has 8 nitrogen and oxygen atoms in total. The summed E-state index contributed by atoms with van der Waals surface area (Å²) in [4.78, 5) is 28.3. The minimum absolute atomic E-state index is 0.00594. The smallest absolute Gasteiger partial charge is 0.263 e. The van der Waals surface area contributed by atoms with E-state index in [1.54, 1.807) is 6.07 Å². The largest absolute Gasteiger partial charge is 0.368 e. The molecule has 0 fully saturated rings. The Morgan fingerprint density at radius 1 is 1.03 bits per heavy atom. The SMILES string of the molecule is CC.Nc1nc(NCc2cc3ccc(F)cn3c(=O)c2-c2cc(F)cc(F)c2)c2[nH]cnc2n1. The zero-order valence-electron chi connectivity index (χ0n) is 18.2. The molecule has 0 atom stereocenters. The highest BCUT2D eigenvalue weighted by atomic mass is 19.1. The maximum atomic E-state index is 13.9. The first-order valence-electron chi connectivity index (χ1n) is 10.4. The van der Waals surface area contributed by atoms with Gasteiger partial charge in [-0.1, -0.05) is 13.8 Å². The van der Waals surface area contributed by atoms with Crippen LogP contribution < -0.4 is 16.6 Å². The van der Waals surface area contributed by atoms with Crippen LogP contribution in [0.2, 0.25) is 0 Å². The summed E-state index contributed by atoms with van der Waals surface area (Å²) in [6.07, 6.45) is 2.45. The third-order valence-corrected chi connectivity index (χ3v) is 4.92. The first-order chi connectivity index (χ1) is 16.4. The average molecular weight is 467 g/mol. The molecule has 0 amide bonds. The van der Waals surface area contributed by atoms with Gasteiger partial charge in [-0.05, 0) is 41.5 Å². The van der Waals surface area contributed by atoms with E-state index in [4.69, 9.17) is 5.73 Å². The summed E-state index contributed by atoms with van der Waals surface area (Å²) in [7, 11) is 0. The third-order valence-electron chi connectivity index (χ3n) is 4.92. The van der Waals surface area contributed by atoms with Gasteiger partial charge in [0.25, 0.3) is 5.56 Å². The van der Waals surface area contributed by atoms with Crippen molar-refractivity contribution < 1.29 is 13.2 Å². The lowest BCUT2D eigenvalue weighted by molar-refractivity contribution is 0.584. The fourth-order valence-electron chi connectivity index (χ4n) is 3.59. The van der Waals surface area contributed by atoms with Gasteiger partial charge in [0, 0.05) is 24.3 Å². The Labute approximate surface area is 191 Å². The quantitative estimate of drug-likeness (QED) is 0.364. The molecule has 1 aromatic carbocycles. The van der Waals surface area contributed by atoms with Crippen molar-refractivity contribution >= 4 is 28.4 Å². The number of halogens is 3. The van der Waals surface area contributed by atoms with Gasteiger partial charge < -0.3 is 16.0 Å². The summed E-state index contributed by atoms with van der Waals surface area (Å²) in [5.41, 5.74) is 6.81. The normalized spacial score (nSPS) is 10.9. The lowest BCUT2D eigenvalue weighted by Crippen LogP contribution is -2.20. The predicted molar refractivity (Wildman–Crippen MR) is 124 cm³/mol. The number of benzene rings is 1. The van der Waals surface area contributed by atoms with Gasteiger partial charge in [0.1, 0.15) is 23.0 Å². The van der Waals surface area contributed by atoms with Crippen molar-refractivity contribution in [2.45, 2.75) is 20.4 Å². The zero-order valence-corrected chi connectivity index (χ0v) is 18.2. The van der Waals surface area contributed by atoms with Crippen LogP contribution in [0.3, 0.4) is 0 Å². The van der Waals surface area contributed by atoms with Crippen LogP contribution in [-0.4, -0.2) is 24.3 Å². The Bertz CT molecular complexity index is 1540. The van der Waals surface area contributed by atoms with E-state index in [0.29, 0.717) is 34.1 Å². The van der Waals surface area contributed by atoms with Gasteiger partial charge in [0.05, 0.1) is 11.9 Å². The Kier molecular flexibility index (Phi) is 6.17. The number of aromatic amines is 1. The van der Waals surface area contributed by atoms with Crippen molar-refractivity contribution in [3.63, 3.8) is 0 Å². The van der Waals surface area contributed by atoms with Crippen molar-refractivity contribution in [3.05, 3.63) is 82.3 Å². The molecule has 0 aliphatic rings. The van der Waals surface area contributed by atoms with Crippen molar-refractivity contribution in [1.29, 1.82) is 0 Å². The second-order valence-corrected chi connectivity index (χ2v) is 7.04. The summed E-state index contributed by atoms with van der Waals surface area (Å²) in [6.45, 7) is 4.04. The number of nitrogen functional groups attached to an aromatic ring is 1. The van der Waals surface area contributed by atoms with Crippen LogP contribution in [0.15, 0.2) is 53.7 Å². The molecule has 34 heavy (non-hydrogen) atoms.